The van der Waals surface area contributed by atoms with Gasteiger partial charge in [0.05, 0.1) is 34.2 Å². The van der Waals surface area contributed by atoms with Gasteiger partial charge in [0.15, 0.2) is 9.84 Å². The summed E-state index contributed by atoms with van der Waals surface area (Å²) in [6.07, 6.45) is 2.35. The fraction of sp³-hybridized carbons (Fsp3) is 0.381. The summed E-state index contributed by atoms with van der Waals surface area (Å²) in [5.41, 5.74) is 1.50. The highest BCUT2D eigenvalue weighted by atomic mass is 32.2. The number of aliphatic hydroxyl groups excluding tert-OH is 2. The van der Waals surface area contributed by atoms with Crippen LogP contribution in [0, 0.1) is 0 Å². The molecule has 1 atom stereocenters. The summed E-state index contributed by atoms with van der Waals surface area (Å²) in [4.78, 5) is 21.6. The zero-order valence-electron chi connectivity index (χ0n) is 18.2. The number of nitrogens with zero attached hydrogens (tertiary/aromatic N) is 3. The van der Waals surface area contributed by atoms with Gasteiger partial charge in [-0.15, -0.1) is 0 Å². The van der Waals surface area contributed by atoms with Crippen molar-refractivity contribution in [2.45, 2.75) is 24.3 Å². The maximum Gasteiger partial charge on any atom is 0.264 e. The number of sulfone groups is 1. The summed E-state index contributed by atoms with van der Waals surface area (Å²) in [6, 6.07) is 6.48. The highest BCUT2D eigenvalue weighted by molar-refractivity contribution is 7.90. The van der Waals surface area contributed by atoms with Crippen molar-refractivity contribution in [1.82, 2.24) is 14.5 Å². The van der Waals surface area contributed by atoms with Crippen LogP contribution in [-0.4, -0.2) is 65.2 Å². The molecule has 0 unspecified atom stereocenters. The van der Waals surface area contributed by atoms with Crippen LogP contribution in [0.5, 0.6) is 0 Å². The lowest BCUT2D eigenvalue weighted by Gasteiger charge is -2.15. The molecule has 172 valence electrons. The van der Waals surface area contributed by atoms with Gasteiger partial charge in [-0.1, -0.05) is 6.07 Å². The summed E-state index contributed by atoms with van der Waals surface area (Å²) in [6.45, 7) is 2.18. The van der Waals surface area contributed by atoms with Gasteiger partial charge in [0, 0.05) is 38.6 Å². The maximum atomic E-state index is 12.7. The second-order valence-electron chi connectivity index (χ2n) is 7.63. The lowest BCUT2D eigenvalue weighted by molar-refractivity contribution is 0.208. The average molecular weight is 462 g/mol. The van der Waals surface area contributed by atoms with E-state index in [4.69, 9.17) is 5.11 Å². The molecule has 0 amide bonds. The molecule has 0 fully saturated rings. The topological polar surface area (TPSA) is 146 Å². The number of anilines is 2. The third kappa shape index (κ3) is 5.23. The van der Waals surface area contributed by atoms with Crippen LogP contribution in [0.3, 0.4) is 0 Å². The Morgan fingerprint density at radius 3 is 2.62 bits per heavy atom. The lowest BCUT2D eigenvalue weighted by atomic mass is 10.1. The zero-order chi connectivity index (χ0) is 23.5. The van der Waals surface area contributed by atoms with Crippen molar-refractivity contribution in [3.8, 4) is 11.3 Å². The quantitative estimate of drug-likeness (QED) is 0.343. The second kappa shape index (κ2) is 9.63. The third-order valence-corrected chi connectivity index (χ3v) is 5.93. The molecule has 4 N–H and O–H groups in total. The Kier molecular flexibility index (Phi) is 7.12. The fourth-order valence-electron chi connectivity index (χ4n) is 3.18. The smallest absolute Gasteiger partial charge is 0.264 e. The van der Waals surface area contributed by atoms with Crippen molar-refractivity contribution < 1.29 is 18.6 Å². The SMILES string of the molecule is C[C@@H](O)CNc1ccc(-c2cc3ncn(C)c(=O)c3c(NCCCO)n2)cc1S(C)(=O)=O. The van der Waals surface area contributed by atoms with E-state index in [9.17, 15) is 18.3 Å². The number of nitrogens with one attached hydrogen (secondary N) is 2. The standard InChI is InChI=1S/C21H27N5O5S/c1-13(28)11-23-15-6-5-14(9-18(15)32(3,30)31)16-10-17-19(21(29)26(2)12-24-17)20(25-16)22-7-4-8-27/h5-6,9-10,12-13,23,27-28H,4,7-8,11H2,1-3H3,(H,22,25)/t13-/m1/s1. The minimum absolute atomic E-state index is 0.0144. The van der Waals surface area contributed by atoms with Gasteiger partial charge in [-0.3, -0.25) is 4.79 Å². The van der Waals surface area contributed by atoms with Crippen LogP contribution in [0.4, 0.5) is 11.5 Å². The van der Waals surface area contributed by atoms with Gasteiger partial charge in [-0.05, 0) is 31.5 Å². The first-order valence-corrected chi connectivity index (χ1v) is 12.0. The molecule has 0 radical (unpaired) electrons. The largest absolute Gasteiger partial charge is 0.396 e. The van der Waals surface area contributed by atoms with Crippen LogP contribution in [0.2, 0.25) is 0 Å². The molecule has 1 aromatic carbocycles. The second-order valence-corrected chi connectivity index (χ2v) is 9.61. The molecule has 0 bridgehead atoms. The Hall–Kier alpha value is -3.02. The predicted molar refractivity (Wildman–Crippen MR) is 124 cm³/mol. The van der Waals surface area contributed by atoms with Crippen LogP contribution in [0.1, 0.15) is 13.3 Å². The number of benzene rings is 1. The molecule has 3 aromatic rings. The molecule has 32 heavy (non-hydrogen) atoms. The van der Waals surface area contributed by atoms with E-state index in [0.29, 0.717) is 46.6 Å². The number of fused-ring (bicyclic) bond motifs is 1. The Morgan fingerprint density at radius 2 is 1.97 bits per heavy atom. The van der Waals surface area contributed by atoms with E-state index < -0.39 is 15.9 Å². The van der Waals surface area contributed by atoms with Crippen molar-refractivity contribution in [2.24, 2.45) is 7.05 Å². The number of hydrogen-bond donors (Lipinski definition) is 4. The molecular formula is C21H27N5O5S. The van der Waals surface area contributed by atoms with E-state index in [-0.39, 0.29) is 23.6 Å². The number of hydrogen-bond acceptors (Lipinski definition) is 9. The van der Waals surface area contributed by atoms with E-state index in [0.717, 1.165) is 6.26 Å². The Labute approximate surface area is 185 Å². The highest BCUT2D eigenvalue weighted by Gasteiger charge is 2.18. The van der Waals surface area contributed by atoms with E-state index in [1.54, 1.807) is 32.2 Å². The van der Waals surface area contributed by atoms with E-state index in [1.165, 1.54) is 17.0 Å². The first-order chi connectivity index (χ1) is 15.1. The van der Waals surface area contributed by atoms with Crippen LogP contribution < -0.4 is 16.2 Å². The molecule has 0 saturated carbocycles. The molecule has 0 aliphatic heterocycles. The first kappa shape index (κ1) is 23.6. The van der Waals surface area contributed by atoms with Gasteiger partial charge in [0.1, 0.15) is 11.2 Å². The number of pyridine rings is 1. The lowest BCUT2D eigenvalue weighted by Crippen LogP contribution is -2.19. The molecule has 0 aliphatic carbocycles. The number of rotatable bonds is 9. The van der Waals surface area contributed by atoms with Gasteiger partial charge in [0.2, 0.25) is 0 Å². The minimum Gasteiger partial charge on any atom is -0.396 e. The predicted octanol–water partition coefficient (Wildman–Crippen LogP) is 0.986. The number of aliphatic hydroxyl groups is 2. The van der Waals surface area contributed by atoms with Gasteiger partial charge >= 0.3 is 0 Å². The Morgan fingerprint density at radius 1 is 1.22 bits per heavy atom. The minimum atomic E-state index is -3.58. The summed E-state index contributed by atoms with van der Waals surface area (Å²) >= 11 is 0. The summed E-state index contributed by atoms with van der Waals surface area (Å²) in [7, 11) is -1.98. The van der Waals surface area contributed by atoms with Crippen molar-refractivity contribution in [2.75, 3.05) is 36.6 Å². The molecule has 2 aromatic heterocycles. The van der Waals surface area contributed by atoms with E-state index >= 15 is 0 Å². The van der Waals surface area contributed by atoms with Crippen molar-refractivity contribution in [3.05, 3.63) is 40.9 Å². The molecule has 0 aliphatic rings. The van der Waals surface area contributed by atoms with Crippen LogP contribution in [0.15, 0.2) is 40.3 Å². The molecule has 3 rings (SSSR count). The van der Waals surface area contributed by atoms with Crippen molar-refractivity contribution in [3.63, 3.8) is 0 Å². The average Bonchev–Trinajstić information content (AvgIpc) is 2.74. The number of aryl methyl sites for hydroxylation is 1. The molecule has 0 spiro atoms. The molecule has 2 heterocycles. The molecule has 11 heteroatoms. The van der Waals surface area contributed by atoms with Crippen LogP contribution in [0.25, 0.3) is 22.2 Å². The summed E-state index contributed by atoms with van der Waals surface area (Å²) in [5.74, 6) is 0.317. The maximum absolute atomic E-state index is 12.7. The highest BCUT2D eigenvalue weighted by Crippen LogP contribution is 2.30. The summed E-state index contributed by atoms with van der Waals surface area (Å²) < 4.78 is 26.2. The molecular weight excluding hydrogens is 434 g/mol. The summed E-state index contributed by atoms with van der Waals surface area (Å²) in [5, 5.41) is 24.9. The monoisotopic (exact) mass is 461 g/mol. The van der Waals surface area contributed by atoms with Crippen molar-refractivity contribution in [1.29, 1.82) is 0 Å². The van der Waals surface area contributed by atoms with Crippen molar-refractivity contribution >= 4 is 32.2 Å². The fourth-order valence-corrected chi connectivity index (χ4v) is 4.06. The van der Waals surface area contributed by atoms with Gasteiger partial charge < -0.3 is 25.4 Å². The zero-order valence-corrected chi connectivity index (χ0v) is 19.0. The normalized spacial score (nSPS) is 12.7. The van der Waals surface area contributed by atoms with Crippen LogP contribution >= 0.6 is 0 Å². The van der Waals surface area contributed by atoms with Gasteiger partial charge in [-0.25, -0.2) is 18.4 Å². The Bertz CT molecular complexity index is 1290. The molecule has 0 saturated heterocycles. The van der Waals surface area contributed by atoms with E-state index in [2.05, 4.69) is 20.6 Å². The third-order valence-electron chi connectivity index (χ3n) is 4.79. The first-order valence-electron chi connectivity index (χ1n) is 10.1. The number of aromatic nitrogens is 3. The van der Waals surface area contributed by atoms with Gasteiger partial charge in [-0.2, -0.15) is 0 Å². The van der Waals surface area contributed by atoms with Gasteiger partial charge in [0.25, 0.3) is 5.56 Å². The van der Waals surface area contributed by atoms with Crippen LogP contribution in [-0.2, 0) is 16.9 Å². The van der Waals surface area contributed by atoms with E-state index in [1.807, 2.05) is 0 Å². The Balaban J connectivity index is 2.16. The molecule has 10 nitrogen and oxygen atoms in total.